The number of aromatic nitrogens is 1. The molecular formula is C13H19N3OS. The van der Waals surface area contributed by atoms with E-state index in [-0.39, 0.29) is 5.41 Å². The first-order valence-corrected chi connectivity index (χ1v) is 6.42. The molecule has 1 fully saturated rings. The topological polar surface area (TPSA) is 60.2 Å². The molecule has 1 aliphatic carbocycles. The summed E-state index contributed by atoms with van der Waals surface area (Å²) in [4.78, 5) is 4.71. The Labute approximate surface area is 113 Å². The van der Waals surface area contributed by atoms with Crippen molar-refractivity contribution in [2.24, 2.45) is 11.1 Å². The normalized spacial score (nSPS) is 25.3. The maximum Gasteiger partial charge on any atom is 0.126 e. The Bertz CT molecular complexity index is 461. The Balaban J connectivity index is 2.07. The van der Waals surface area contributed by atoms with Gasteiger partial charge in [-0.3, -0.25) is 0 Å². The van der Waals surface area contributed by atoms with E-state index in [0.717, 1.165) is 12.2 Å². The number of hydrogen-bond acceptors (Lipinski definition) is 4. The van der Waals surface area contributed by atoms with Gasteiger partial charge in [0.1, 0.15) is 10.8 Å². The zero-order valence-electron chi connectivity index (χ0n) is 10.9. The lowest BCUT2D eigenvalue weighted by Gasteiger charge is -2.51. The largest absolute Gasteiger partial charge is 0.388 e. The summed E-state index contributed by atoms with van der Waals surface area (Å²) in [5, 5.41) is 3.42. The van der Waals surface area contributed by atoms with E-state index in [4.69, 9.17) is 22.7 Å². The van der Waals surface area contributed by atoms with E-state index < -0.39 is 0 Å². The van der Waals surface area contributed by atoms with Gasteiger partial charge in [0.25, 0.3) is 0 Å². The molecule has 0 spiro atoms. The van der Waals surface area contributed by atoms with E-state index in [1.165, 1.54) is 0 Å². The first kappa shape index (κ1) is 13.2. The molecule has 3 N–H and O–H groups in total. The number of hydrogen-bond donors (Lipinski definition) is 2. The lowest BCUT2D eigenvalue weighted by molar-refractivity contribution is -0.0795. The van der Waals surface area contributed by atoms with Crippen molar-refractivity contribution in [3.05, 3.63) is 23.9 Å². The van der Waals surface area contributed by atoms with Crippen molar-refractivity contribution >= 4 is 23.0 Å². The van der Waals surface area contributed by atoms with E-state index in [0.29, 0.717) is 22.8 Å². The molecule has 1 heterocycles. The molecule has 0 bridgehead atoms. The Morgan fingerprint density at radius 3 is 2.83 bits per heavy atom. The zero-order valence-corrected chi connectivity index (χ0v) is 11.8. The molecule has 0 aromatic carbocycles. The van der Waals surface area contributed by atoms with E-state index in [1.54, 1.807) is 7.11 Å². The second-order valence-corrected chi connectivity index (χ2v) is 5.69. The molecule has 2 unspecified atom stereocenters. The van der Waals surface area contributed by atoms with Crippen molar-refractivity contribution in [3.8, 4) is 0 Å². The standard InChI is InChI=1S/C13H19N3OS/c1-13(2)9(7-10(13)17-3)16-11-6-4-5-8(15-11)12(14)18/h4-6,9-10H,7H2,1-3H3,(H2,14,18)(H,15,16). The molecule has 98 valence electrons. The zero-order chi connectivity index (χ0) is 13.3. The van der Waals surface area contributed by atoms with Gasteiger partial charge in [-0.1, -0.05) is 32.1 Å². The number of nitrogens with one attached hydrogen (secondary N) is 1. The van der Waals surface area contributed by atoms with Gasteiger partial charge in [-0.15, -0.1) is 0 Å². The molecule has 2 rings (SSSR count). The van der Waals surface area contributed by atoms with Crippen LogP contribution in [-0.4, -0.2) is 29.2 Å². The Morgan fingerprint density at radius 2 is 2.28 bits per heavy atom. The number of nitrogens with zero attached hydrogens (tertiary/aromatic N) is 1. The number of anilines is 1. The summed E-state index contributed by atoms with van der Waals surface area (Å²) in [5.41, 5.74) is 6.33. The highest BCUT2D eigenvalue weighted by Crippen LogP contribution is 2.43. The molecule has 0 saturated heterocycles. The number of nitrogens with two attached hydrogens (primary N) is 1. The van der Waals surface area contributed by atoms with Crippen LogP contribution in [0.5, 0.6) is 0 Å². The van der Waals surface area contributed by atoms with Gasteiger partial charge in [0.05, 0.1) is 11.8 Å². The SMILES string of the molecule is COC1CC(Nc2cccc(C(N)=S)n2)C1(C)C. The number of ether oxygens (including phenoxy) is 1. The molecule has 0 aliphatic heterocycles. The molecule has 1 saturated carbocycles. The minimum absolute atomic E-state index is 0.107. The van der Waals surface area contributed by atoms with Crippen LogP contribution in [0.15, 0.2) is 18.2 Å². The van der Waals surface area contributed by atoms with Crippen LogP contribution in [0.1, 0.15) is 26.0 Å². The van der Waals surface area contributed by atoms with Crippen molar-refractivity contribution in [3.63, 3.8) is 0 Å². The van der Waals surface area contributed by atoms with Gasteiger partial charge in [-0.25, -0.2) is 4.98 Å². The molecule has 1 aliphatic rings. The highest BCUT2D eigenvalue weighted by Gasteiger charge is 2.48. The highest BCUT2D eigenvalue weighted by atomic mass is 32.1. The fraction of sp³-hybridized carbons (Fsp3) is 0.538. The second-order valence-electron chi connectivity index (χ2n) is 5.25. The molecule has 18 heavy (non-hydrogen) atoms. The second kappa shape index (κ2) is 4.82. The quantitative estimate of drug-likeness (QED) is 0.815. The highest BCUT2D eigenvalue weighted by molar-refractivity contribution is 7.80. The average Bonchev–Trinajstić information content (AvgIpc) is 2.34. The number of thiocarbonyl (C=S) groups is 1. The van der Waals surface area contributed by atoms with Crippen LogP contribution in [0.3, 0.4) is 0 Å². The van der Waals surface area contributed by atoms with Gasteiger partial charge in [-0.2, -0.15) is 0 Å². The number of rotatable bonds is 4. The first-order chi connectivity index (χ1) is 8.45. The lowest BCUT2D eigenvalue weighted by atomic mass is 9.64. The van der Waals surface area contributed by atoms with Crippen LogP contribution in [0.25, 0.3) is 0 Å². The predicted octanol–water partition coefficient (Wildman–Crippen LogP) is 1.94. The van der Waals surface area contributed by atoms with Crippen LogP contribution in [-0.2, 0) is 4.74 Å². The van der Waals surface area contributed by atoms with E-state index in [1.807, 2.05) is 18.2 Å². The predicted molar refractivity (Wildman–Crippen MR) is 76.7 cm³/mol. The molecule has 5 heteroatoms. The monoisotopic (exact) mass is 265 g/mol. The fourth-order valence-corrected chi connectivity index (χ4v) is 2.47. The van der Waals surface area contributed by atoms with Crippen LogP contribution in [0.2, 0.25) is 0 Å². The van der Waals surface area contributed by atoms with Gasteiger partial charge in [0.15, 0.2) is 0 Å². The average molecular weight is 265 g/mol. The smallest absolute Gasteiger partial charge is 0.126 e. The Hall–Kier alpha value is -1.20. The van der Waals surface area contributed by atoms with Crippen molar-refractivity contribution < 1.29 is 4.74 Å². The molecule has 1 aromatic rings. The minimum Gasteiger partial charge on any atom is -0.388 e. The fourth-order valence-electron chi connectivity index (χ4n) is 2.36. The van der Waals surface area contributed by atoms with Crippen molar-refractivity contribution in [2.75, 3.05) is 12.4 Å². The number of methoxy groups -OCH3 is 1. The molecule has 0 radical (unpaired) electrons. The maximum absolute atomic E-state index is 5.58. The molecule has 1 aromatic heterocycles. The third-order valence-corrected chi connectivity index (χ3v) is 4.00. The van der Waals surface area contributed by atoms with Crippen LogP contribution in [0.4, 0.5) is 5.82 Å². The van der Waals surface area contributed by atoms with Crippen molar-refractivity contribution in [1.82, 2.24) is 4.98 Å². The summed E-state index contributed by atoms with van der Waals surface area (Å²) in [6.45, 7) is 4.39. The molecule has 4 nitrogen and oxygen atoms in total. The summed E-state index contributed by atoms with van der Waals surface area (Å²) in [5.74, 6) is 0.813. The van der Waals surface area contributed by atoms with E-state index in [9.17, 15) is 0 Å². The summed E-state index contributed by atoms with van der Waals surface area (Å²) >= 11 is 4.93. The van der Waals surface area contributed by atoms with Gasteiger partial charge >= 0.3 is 0 Å². The first-order valence-electron chi connectivity index (χ1n) is 6.01. The van der Waals surface area contributed by atoms with Crippen molar-refractivity contribution in [1.29, 1.82) is 0 Å². The van der Waals surface area contributed by atoms with Gasteiger partial charge in [0.2, 0.25) is 0 Å². The molecule has 0 amide bonds. The van der Waals surface area contributed by atoms with E-state index in [2.05, 4.69) is 24.1 Å². The summed E-state index contributed by atoms with van der Waals surface area (Å²) in [7, 11) is 1.76. The van der Waals surface area contributed by atoms with Crippen LogP contribution < -0.4 is 11.1 Å². The maximum atomic E-state index is 5.58. The van der Waals surface area contributed by atoms with Crippen LogP contribution in [0, 0.1) is 5.41 Å². The lowest BCUT2D eigenvalue weighted by Crippen LogP contribution is -2.57. The van der Waals surface area contributed by atoms with E-state index >= 15 is 0 Å². The Kier molecular flexibility index (Phi) is 3.54. The van der Waals surface area contributed by atoms with Crippen molar-refractivity contribution in [2.45, 2.75) is 32.4 Å². The third kappa shape index (κ3) is 2.33. The van der Waals surface area contributed by atoms with Gasteiger partial charge in [-0.05, 0) is 18.6 Å². The molecular weight excluding hydrogens is 246 g/mol. The summed E-state index contributed by atoms with van der Waals surface area (Å²) in [6, 6.07) is 6.01. The molecule has 2 atom stereocenters. The van der Waals surface area contributed by atoms with Gasteiger partial charge in [0, 0.05) is 18.6 Å². The third-order valence-electron chi connectivity index (χ3n) is 3.79. The van der Waals surface area contributed by atoms with Crippen LogP contribution >= 0.6 is 12.2 Å². The number of pyridine rings is 1. The minimum atomic E-state index is 0.107. The van der Waals surface area contributed by atoms with Gasteiger partial charge < -0.3 is 15.8 Å². The Morgan fingerprint density at radius 1 is 1.56 bits per heavy atom. The summed E-state index contributed by atoms with van der Waals surface area (Å²) in [6.07, 6.45) is 1.29. The summed E-state index contributed by atoms with van der Waals surface area (Å²) < 4.78 is 5.43.